The summed E-state index contributed by atoms with van der Waals surface area (Å²) in [4.78, 5) is 12.3. The first-order valence-electron chi connectivity index (χ1n) is 8.20. The summed E-state index contributed by atoms with van der Waals surface area (Å²) in [6.45, 7) is 0. The Bertz CT molecular complexity index is 695. The van der Waals surface area contributed by atoms with Gasteiger partial charge in [-0.3, -0.25) is 4.79 Å². The van der Waals surface area contributed by atoms with Crippen molar-refractivity contribution in [3.63, 3.8) is 0 Å². The van der Waals surface area contributed by atoms with Gasteiger partial charge in [-0.15, -0.1) is 0 Å². The highest BCUT2D eigenvalue weighted by Crippen LogP contribution is 2.24. The number of nitrogens with two attached hydrogens (primary N) is 1. The van der Waals surface area contributed by atoms with Gasteiger partial charge in [0, 0.05) is 22.7 Å². The Morgan fingerprint density at radius 2 is 1.75 bits per heavy atom. The fourth-order valence-corrected chi connectivity index (χ4v) is 3.05. The van der Waals surface area contributed by atoms with Crippen LogP contribution in [0.1, 0.15) is 36.0 Å². The largest absolute Gasteiger partial charge is 0.457 e. The predicted molar refractivity (Wildman–Crippen MR) is 95.7 cm³/mol. The average Bonchev–Trinajstić information content (AvgIpc) is 2.57. The van der Waals surface area contributed by atoms with Crippen LogP contribution in [-0.2, 0) is 0 Å². The lowest BCUT2D eigenvalue weighted by atomic mass is 9.91. The molecule has 0 aromatic heterocycles. The number of nitrogens with one attached hydrogen (secondary N) is 1. The fourth-order valence-electron chi connectivity index (χ4n) is 2.87. The molecule has 1 fully saturated rings. The van der Waals surface area contributed by atoms with E-state index < -0.39 is 0 Å². The molecular formula is C19H21ClN2O2. The molecule has 3 rings (SSSR count). The summed E-state index contributed by atoms with van der Waals surface area (Å²) >= 11 is 5.94. The Morgan fingerprint density at radius 3 is 2.42 bits per heavy atom. The van der Waals surface area contributed by atoms with Crippen LogP contribution in [0.5, 0.6) is 11.5 Å². The van der Waals surface area contributed by atoms with Crippen molar-refractivity contribution in [1.82, 2.24) is 5.32 Å². The van der Waals surface area contributed by atoms with E-state index in [0.29, 0.717) is 22.1 Å². The normalized spacial score (nSPS) is 20.4. The molecule has 1 amide bonds. The first kappa shape index (κ1) is 16.8. The van der Waals surface area contributed by atoms with E-state index in [4.69, 9.17) is 22.1 Å². The van der Waals surface area contributed by atoms with Gasteiger partial charge in [0.15, 0.2) is 0 Å². The minimum atomic E-state index is -0.0511. The number of benzene rings is 2. The molecule has 0 heterocycles. The second kappa shape index (κ2) is 7.69. The average molecular weight is 345 g/mol. The monoisotopic (exact) mass is 344 g/mol. The lowest BCUT2D eigenvalue weighted by Crippen LogP contribution is -2.40. The van der Waals surface area contributed by atoms with Crippen molar-refractivity contribution >= 4 is 17.5 Å². The summed E-state index contributed by atoms with van der Waals surface area (Å²) in [6, 6.07) is 14.8. The van der Waals surface area contributed by atoms with Crippen molar-refractivity contribution in [3.8, 4) is 11.5 Å². The van der Waals surface area contributed by atoms with Crippen LogP contribution in [0.3, 0.4) is 0 Å². The molecule has 0 spiro atoms. The molecule has 0 atom stereocenters. The molecule has 2 aromatic rings. The Hall–Kier alpha value is -2.04. The quantitative estimate of drug-likeness (QED) is 0.876. The van der Waals surface area contributed by atoms with E-state index in [-0.39, 0.29) is 18.0 Å². The zero-order valence-electron chi connectivity index (χ0n) is 13.4. The smallest absolute Gasteiger partial charge is 0.251 e. The molecular weight excluding hydrogens is 324 g/mol. The maximum atomic E-state index is 12.3. The van der Waals surface area contributed by atoms with Gasteiger partial charge in [0.05, 0.1) is 0 Å². The molecule has 0 radical (unpaired) electrons. The number of hydrogen-bond acceptors (Lipinski definition) is 3. The van der Waals surface area contributed by atoms with Gasteiger partial charge in [-0.05, 0) is 68.1 Å². The molecule has 1 aliphatic rings. The van der Waals surface area contributed by atoms with Gasteiger partial charge < -0.3 is 15.8 Å². The number of carbonyl (C=O) groups excluding carboxylic acids is 1. The summed E-state index contributed by atoms with van der Waals surface area (Å²) in [6.07, 6.45) is 3.83. The molecule has 5 heteroatoms. The maximum absolute atomic E-state index is 12.3. The lowest BCUT2D eigenvalue weighted by molar-refractivity contribution is 0.0926. The second-order valence-corrected chi connectivity index (χ2v) is 6.61. The Kier molecular flexibility index (Phi) is 5.38. The summed E-state index contributed by atoms with van der Waals surface area (Å²) in [5, 5.41) is 3.70. The van der Waals surface area contributed by atoms with Gasteiger partial charge in [0.25, 0.3) is 5.91 Å². The van der Waals surface area contributed by atoms with E-state index in [1.807, 2.05) is 12.1 Å². The van der Waals surface area contributed by atoms with Crippen LogP contribution in [0.2, 0.25) is 5.02 Å². The number of rotatable bonds is 4. The lowest BCUT2D eigenvalue weighted by Gasteiger charge is -2.26. The van der Waals surface area contributed by atoms with Crippen molar-refractivity contribution < 1.29 is 9.53 Å². The number of halogens is 1. The van der Waals surface area contributed by atoms with Crippen molar-refractivity contribution in [1.29, 1.82) is 0 Å². The van der Waals surface area contributed by atoms with E-state index in [2.05, 4.69) is 5.32 Å². The third kappa shape index (κ3) is 4.49. The van der Waals surface area contributed by atoms with Crippen LogP contribution in [0, 0.1) is 0 Å². The molecule has 0 saturated heterocycles. The Morgan fingerprint density at radius 1 is 1.04 bits per heavy atom. The number of carbonyl (C=O) groups is 1. The highest BCUT2D eigenvalue weighted by atomic mass is 35.5. The van der Waals surface area contributed by atoms with Crippen molar-refractivity contribution in [2.75, 3.05) is 0 Å². The van der Waals surface area contributed by atoms with Crippen molar-refractivity contribution in [3.05, 3.63) is 59.1 Å². The summed E-state index contributed by atoms with van der Waals surface area (Å²) in [5.41, 5.74) is 6.52. The third-order valence-corrected chi connectivity index (χ3v) is 4.49. The number of ether oxygens (including phenoxy) is 1. The molecule has 0 bridgehead atoms. The molecule has 0 unspecified atom stereocenters. The maximum Gasteiger partial charge on any atom is 0.251 e. The number of hydrogen-bond donors (Lipinski definition) is 2. The van der Waals surface area contributed by atoms with Gasteiger partial charge in [0.2, 0.25) is 0 Å². The third-order valence-electron chi connectivity index (χ3n) is 4.26. The molecule has 2 aromatic carbocycles. The minimum Gasteiger partial charge on any atom is -0.457 e. The first-order valence-corrected chi connectivity index (χ1v) is 8.58. The van der Waals surface area contributed by atoms with Crippen LogP contribution in [0.25, 0.3) is 0 Å². The summed E-state index contributed by atoms with van der Waals surface area (Å²) < 4.78 is 5.73. The zero-order chi connectivity index (χ0) is 16.9. The molecule has 126 valence electrons. The van der Waals surface area contributed by atoms with Crippen LogP contribution in [0.15, 0.2) is 48.5 Å². The Balaban J connectivity index is 1.58. The van der Waals surface area contributed by atoms with Crippen LogP contribution >= 0.6 is 11.6 Å². The van der Waals surface area contributed by atoms with Crippen LogP contribution < -0.4 is 15.8 Å². The van der Waals surface area contributed by atoms with E-state index in [0.717, 1.165) is 25.7 Å². The predicted octanol–water partition coefficient (Wildman–Crippen LogP) is 4.13. The topological polar surface area (TPSA) is 64.3 Å². The molecule has 3 N–H and O–H groups in total. The fraction of sp³-hybridized carbons (Fsp3) is 0.316. The molecule has 24 heavy (non-hydrogen) atoms. The molecule has 0 aliphatic heterocycles. The molecule has 4 nitrogen and oxygen atoms in total. The minimum absolute atomic E-state index is 0.0511. The first-order chi connectivity index (χ1) is 11.6. The molecule has 1 saturated carbocycles. The van der Waals surface area contributed by atoms with Gasteiger partial charge in [-0.2, -0.15) is 0 Å². The van der Waals surface area contributed by atoms with Crippen molar-refractivity contribution in [2.24, 2.45) is 5.73 Å². The van der Waals surface area contributed by atoms with Crippen molar-refractivity contribution in [2.45, 2.75) is 37.8 Å². The highest BCUT2D eigenvalue weighted by molar-refractivity contribution is 6.30. The SMILES string of the molecule is NC1CCC(NC(=O)c2ccc(Oc3cccc(Cl)c3)cc2)CC1. The van der Waals surface area contributed by atoms with Gasteiger partial charge in [-0.25, -0.2) is 0 Å². The van der Waals surface area contributed by atoms with E-state index in [1.54, 1.807) is 36.4 Å². The number of amides is 1. The second-order valence-electron chi connectivity index (χ2n) is 6.17. The van der Waals surface area contributed by atoms with Gasteiger partial charge >= 0.3 is 0 Å². The Labute approximate surface area is 147 Å². The van der Waals surface area contributed by atoms with Gasteiger partial charge in [-0.1, -0.05) is 17.7 Å². The van der Waals surface area contributed by atoms with E-state index in [1.165, 1.54) is 0 Å². The van der Waals surface area contributed by atoms with Crippen LogP contribution in [0.4, 0.5) is 0 Å². The summed E-state index contributed by atoms with van der Waals surface area (Å²) in [7, 11) is 0. The van der Waals surface area contributed by atoms with E-state index in [9.17, 15) is 4.79 Å². The molecule has 1 aliphatic carbocycles. The van der Waals surface area contributed by atoms with E-state index >= 15 is 0 Å². The zero-order valence-corrected chi connectivity index (χ0v) is 14.1. The van der Waals surface area contributed by atoms with Gasteiger partial charge in [0.1, 0.15) is 11.5 Å². The van der Waals surface area contributed by atoms with Crippen LogP contribution in [-0.4, -0.2) is 18.0 Å². The summed E-state index contributed by atoms with van der Waals surface area (Å²) in [5.74, 6) is 1.28. The highest BCUT2D eigenvalue weighted by Gasteiger charge is 2.20. The standard InChI is InChI=1S/C19H21ClN2O2/c20-14-2-1-3-18(12-14)24-17-10-4-13(5-11-17)19(23)22-16-8-6-15(21)7-9-16/h1-5,10-12,15-16H,6-9,21H2,(H,22,23).